The SMILES string of the molecule is OC(COCC1CCCO1)c1cccc2ccccc12. The van der Waals surface area contributed by atoms with Crippen LogP contribution in [-0.4, -0.2) is 31.0 Å². The van der Waals surface area contributed by atoms with Gasteiger partial charge in [0.15, 0.2) is 0 Å². The average molecular weight is 272 g/mol. The van der Waals surface area contributed by atoms with E-state index in [-0.39, 0.29) is 6.10 Å². The molecule has 0 aromatic heterocycles. The highest BCUT2D eigenvalue weighted by Gasteiger charge is 2.17. The molecule has 0 aliphatic carbocycles. The molecule has 2 aromatic carbocycles. The number of ether oxygens (including phenoxy) is 2. The molecule has 1 N–H and O–H groups in total. The van der Waals surface area contributed by atoms with E-state index in [0.29, 0.717) is 13.2 Å². The molecule has 1 aliphatic heterocycles. The van der Waals surface area contributed by atoms with Gasteiger partial charge in [-0.3, -0.25) is 0 Å². The number of hydrogen-bond donors (Lipinski definition) is 1. The zero-order valence-electron chi connectivity index (χ0n) is 11.5. The Hall–Kier alpha value is -1.42. The van der Waals surface area contributed by atoms with E-state index < -0.39 is 6.10 Å². The van der Waals surface area contributed by atoms with Gasteiger partial charge in [0.1, 0.15) is 6.10 Å². The Kier molecular flexibility index (Phi) is 4.31. The molecule has 3 nitrogen and oxygen atoms in total. The number of aliphatic hydroxyl groups excluding tert-OH is 1. The molecule has 2 aromatic rings. The molecule has 1 saturated heterocycles. The number of rotatable bonds is 5. The molecule has 2 unspecified atom stereocenters. The van der Waals surface area contributed by atoms with Crippen molar-refractivity contribution in [3.8, 4) is 0 Å². The summed E-state index contributed by atoms with van der Waals surface area (Å²) in [6.07, 6.45) is 1.78. The minimum absolute atomic E-state index is 0.203. The quantitative estimate of drug-likeness (QED) is 0.909. The van der Waals surface area contributed by atoms with Crippen LogP contribution in [0.2, 0.25) is 0 Å². The Morgan fingerprint density at radius 1 is 1.20 bits per heavy atom. The van der Waals surface area contributed by atoms with Crippen molar-refractivity contribution in [2.24, 2.45) is 0 Å². The summed E-state index contributed by atoms with van der Waals surface area (Å²) < 4.78 is 11.1. The lowest BCUT2D eigenvalue weighted by Gasteiger charge is -2.16. The van der Waals surface area contributed by atoms with Crippen molar-refractivity contribution in [3.63, 3.8) is 0 Å². The predicted molar refractivity (Wildman–Crippen MR) is 78.7 cm³/mol. The number of benzene rings is 2. The standard InChI is InChI=1S/C17H20O3/c18-17(12-19-11-14-7-4-10-20-14)16-9-3-6-13-5-1-2-8-15(13)16/h1-3,5-6,8-9,14,17-18H,4,7,10-12H2. The number of aliphatic hydroxyl groups is 1. The zero-order valence-corrected chi connectivity index (χ0v) is 11.5. The van der Waals surface area contributed by atoms with E-state index in [9.17, 15) is 5.11 Å². The molecule has 1 heterocycles. The largest absolute Gasteiger partial charge is 0.386 e. The molecule has 0 saturated carbocycles. The molecular weight excluding hydrogens is 252 g/mol. The summed E-state index contributed by atoms with van der Waals surface area (Å²) in [4.78, 5) is 0. The van der Waals surface area contributed by atoms with Crippen LogP contribution in [0.4, 0.5) is 0 Å². The Labute approximate surface area is 119 Å². The van der Waals surface area contributed by atoms with Gasteiger partial charge >= 0.3 is 0 Å². The normalized spacial score (nSPS) is 20.4. The van der Waals surface area contributed by atoms with Gasteiger partial charge in [-0.15, -0.1) is 0 Å². The second kappa shape index (κ2) is 6.35. The molecule has 3 rings (SSSR count). The van der Waals surface area contributed by atoms with Crippen LogP contribution < -0.4 is 0 Å². The van der Waals surface area contributed by atoms with Crippen molar-refractivity contribution in [2.75, 3.05) is 19.8 Å². The van der Waals surface area contributed by atoms with Crippen molar-refractivity contribution in [3.05, 3.63) is 48.0 Å². The average Bonchev–Trinajstić information content (AvgIpc) is 3.00. The lowest BCUT2D eigenvalue weighted by atomic mass is 10.0. The molecule has 3 heteroatoms. The van der Waals surface area contributed by atoms with Crippen molar-refractivity contribution < 1.29 is 14.6 Å². The molecule has 1 aliphatic rings. The molecule has 1 fully saturated rings. The lowest BCUT2D eigenvalue weighted by molar-refractivity contribution is -0.0172. The van der Waals surface area contributed by atoms with Crippen LogP contribution >= 0.6 is 0 Å². The van der Waals surface area contributed by atoms with Gasteiger partial charge in [-0.2, -0.15) is 0 Å². The second-order valence-electron chi connectivity index (χ2n) is 5.26. The number of hydrogen-bond acceptors (Lipinski definition) is 3. The van der Waals surface area contributed by atoms with Gasteiger partial charge in [0.05, 0.1) is 19.3 Å². The molecule has 0 radical (unpaired) electrons. The van der Waals surface area contributed by atoms with Gasteiger partial charge in [-0.25, -0.2) is 0 Å². The van der Waals surface area contributed by atoms with Crippen molar-refractivity contribution >= 4 is 10.8 Å². The first-order valence-electron chi connectivity index (χ1n) is 7.19. The Balaban J connectivity index is 1.64. The predicted octanol–water partition coefficient (Wildman–Crippen LogP) is 3.07. The zero-order chi connectivity index (χ0) is 13.8. The first-order valence-corrected chi connectivity index (χ1v) is 7.19. The molecule has 106 valence electrons. The monoisotopic (exact) mass is 272 g/mol. The first-order chi connectivity index (χ1) is 9.84. The summed E-state index contributed by atoms with van der Waals surface area (Å²) in [5.41, 5.74) is 0.926. The van der Waals surface area contributed by atoms with Crippen LogP contribution in [0.15, 0.2) is 42.5 Å². The fraction of sp³-hybridized carbons (Fsp3) is 0.412. The van der Waals surface area contributed by atoms with Crippen LogP contribution in [0.1, 0.15) is 24.5 Å². The van der Waals surface area contributed by atoms with E-state index in [1.54, 1.807) is 0 Å². The Bertz CT molecular complexity index is 556. The van der Waals surface area contributed by atoms with Gasteiger partial charge in [0.2, 0.25) is 0 Å². The fourth-order valence-electron chi connectivity index (χ4n) is 2.72. The minimum atomic E-state index is -0.595. The minimum Gasteiger partial charge on any atom is -0.386 e. The van der Waals surface area contributed by atoms with Crippen molar-refractivity contribution in [2.45, 2.75) is 25.0 Å². The first kappa shape index (κ1) is 13.6. The summed E-state index contributed by atoms with van der Waals surface area (Å²) in [5.74, 6) is 0. The molecule has 0 bridgehead atoms. The van der Waals surface area contributed by atoms with Gasteiger partial charge < -0.3 is 14.6 Å². The van der Waals surface area contributed by atoms with E-state index >= 15 is 0 Å². The third-order valence-corrected chi connectivity index (χ3v) is 3.79. The Morgan fingerprint density at radius 2 is 2.05 bits per heavy atom. The van der Waals surface area contributed by atoms with Crippen LogP contribution in [0.3, 0.4) is 0 Å². The maximum atomic E-state index is 10.3. The topological polar surface area (TPSA) is 38.7 Å². The fourth-order valence-corrected chi connectivity index (χ4v) is 2.72. The van der Waals surface area contributed by atoms with Gasteiger partial charge in [-0.1, -0.05) is 42.5 Å². The summed E-state index contributed by atoms with van der Waals surface area (Å²) in [5, 5.41) is 12.6. The van der Waals surface area contributed by atoms with Gasteiger partial charge in [-0.05, 0) is 29.2 Å². The Morgan fingerprint density at radius 3 is 2.90 bits per heavy atom. The maximum Gasteiger partial charge on any atom is 0.103 e. The van der Waals surface area contributed by atoms with E-state index in [1.807, 2.05) is 30.3 Å². The third kappa shape index (κ3) is 3.01. The van der Waals surface area contributed by atoms with Gasteiger partial charge in [0.25, 0.3) is 0 Å². The lowest BCUT2D eigenvalue weighted by Crippen LogP contribution is -2.17. The maximum absolute atomic E-state index is 10.3. The van der Waals surface area contributed by atoms with Crippen LogP contribution in [-0.2, 0) is 9.47 Å². The highest BCUT2D eigenvalue weighted by Crippen LogP contribution is 2.24. The molecular formula is C17H20O3. The van der Waals surface area contributed by atoms with E-state index in [2.05, 4.69) is 12.1 Å². The van der Waals surface area contributed by atoms with Crippen LogP contribution in [0.5, 0.6) is 0 Å². The van der Waals surface area contributed by atoms with E-state index in [0.717, 1.165) is 35.8 Å². The summed E-state index contributed by atoms with van der Waals surface area (Å²) in [6, 6.07) is 14.1. The molecule has 20 heavy (non-hydrogen) atoms. The van der Waals surface area contributed by atoms with Crippen LogP contribution in [0, 0.1) is 0 Å². The highest BCUT2D eigenvalue weighted by atomic mass is 16.5. The highest BCUT2D eigenvalue weighted by molar-refractivity contribution is 5.85. The van der Waals surface area contributed by atoms with Gasteiger partial charge in [0, 0.05) is 6.61 Å². The van der Waals surface area contributed by atoms with E-state index in [4.69, 9.17) is 9.47 Å². The summed E-state index contributed by atoms with van der Waals surface area (Å²) in [7, 11) is 0. The van der Waals surface area contributed by atoms with Crippen molar-refractivity contribution in [1.82, 2.24) is 0 Å². The van der Waals surface area contributed by atoms with Crippen molar-refractivity contribution in [1.29, 1.82) is 0 Å². The van der Waals surface area contributed by atoms with E-state index in [1.165, 1.54) is 0 Å². The third-order valence-electron chi connectivity index (χ3n) is 3.79. The summed E-state index contributed by atoms with van der Waals surface area (Å²) in [6.45, 7) is 1.72. The number of fused-ring (bicyclic) bond motifs is 1. The molecule has 0 amide bonds. The smallest absolute Gasteiger partial charge is 0.103 e. The molecule has 2 atom stereocenters. The molecule has 0 spiro atoms. The summed E-state index contributed by atoms with van der Waals surface area (Å²) >= 11 is 0. The van der Waals surface area contributed by atoms with Crippen LogP contribution in [0.25, 0.3) is 10.8 Å². The second-order valence-corrected chi connectivity index (χ2v) is 5.26.